The number of benzene rings is 2. The first-order valence-electron chi connectivity index (χ1n) is 11.5. The lowest BCUT2D eigenvalue weighted by molar-refractivity contribution is -0.113. The van der Waals surface area contributed by atoms with Gasteiger partial charge in [0.1, 0.15) is 0 Å². The lowest BCUT2D eigenvalue weighted by Crippen LogP contribution is -2.31. The first-order valence-corrected chi connectivity index (χ1v) is 12.9. The number of nitrogens with zero attached hydrogens (tertiary/aromatic N) is 3. The van der Waals surface area contributed by atoms with Crippen LogP contribution in [-0.2, 0) is 11.8 Å². The van der Waals surface area contributed by atoms with Crippen molar-refractivity contribution in [3.8, 4) is 0 Å². The van der Waals surface area contributed by atoms with E-state index in [0.717, 1.165) is 22.4 Å². The van der Waals surface area contributed by atoms with E-state index in [9.17, 15) is 9.59 Å². The van der Waals surface area contributed by atoms with Crippen LogP contribution in [0.5, 0.6) is 0 Å². The van der Waals surface area contributed by atoms with Crippen LogP contribution >= 0.6 is 23.4 Å². The summed E-state index contributed by atoms with van der Waals surface area (Å²) in [4.78, 5) is 25.6. The number of thioether (sulfide) groups is 1. The predicted molar refractivity (Wildman–Crippen MR) is 142 cm³/mol. The summed E-state index contributed by atoms with van der Waals surface area (Å²) < 4.78 is 1.83. The normalized spacial score (nSPS) is 12.0. The first kappa shape index (κ1) is 26.8. The van der Waals surface area contributed by atoms with Gasteiger partial charge in [0.15, 0.2) is 11.0 Å². The number of halogens is 1. The summed E-state index contributed by atoms with van der Waals surface area (Å²) in [6.07, 6.45) is 0.680. The van der Waals surface area contributed by atoms with E-state index in [1.165, 1.54) is 11.8 Å². The third-order valence-electron chi connectivity index (χ3n) is 5.58. The van der Waals surface area contributed by atoms with Gasteiger partial charge < -0.3 is 15.2 Å². The Bertz CT molecular complexity index is 1200. The summed E-state index contributed by atoms with van der Waals surface area (Å²) in [5.74, 6) is 0.764. The fourth-order valence-corrected chi connectivity index (χ4v) is 4.96. The van der Waals surface area contributed by atoms with Crippen molar-refractivity contribution in [1.82, 2.24) is 20.1 Å². The van der Waals surface area contributed by atoms with Crippen molar-refractivity contribution in [3.05, 3.63) is 69.5 Å². The maximum Gasteiger partial charge on any atom is 0.253 e. The standard InChI is InChI=1S/C26H32ClN5O2S/c1-15(2)11-21(28-25(34)19-9-7-8-10-20(19)27)24-30-31-26(32(24)6)35-14-22(33)29-23-17(4)12-16(3)13-18(23)5/h7-10,12-13,15,21H,11,14H2,1-6H3,(H,28,34)(H,29,33)/t21-/m0/s1. The molecule has 0 bridgehead atoms. The molecule has 3 aromatic rings. The van der Waals surface area contributed by atoms with E-state index in [0.29, 0.717) is 33.9 Å². The third-order valence-corrected chi connectivity index (χ3v) is 6.93. The molecule has 1 aromatic heterocycles. The number of amides is 2. The van der Waals surface area contributed by atoms with Crippen LogP contribution in [0.4, 0.5) is 5.69 Å². The van der Waals surface area contributed by atoms with Crippen molar-refractivity contribution in [2.75, 3.05) is 11.1 Å². The number of hydrogen-bond donors (Lipinski definition) is 2. The molecule has 0 spiro atoms. The predicted octanol–water partition coefficient (Wildman–Crippen LogP) is 5.64. The Morgan fingerprint density at radius 2 is 1.74 bits per heavy atom. The largest absolute Gasteiger partial charge is 0.342 e. The molecule has 2 N–H and O–H groups in total. The van der Waals surface area contributed by atoms with Crippen molar-refractivity contribution >= 4 is 40.9 Å². The molecule has 7 nitrogen and oxygen atoms in total. The van der Waals surface area contributed by atoms with E-state index < -0.39 is 0 Å². The molecular formula is C26H32ClN5O2S. The highest BCUT2D eigenvalue weighted by atomic mass is 35.5. The number of aryl methyl sites for hydroxylation is 3. The van der Waals surface area contributed by atoms with Gasteiger partial charge >= 0.3 is 0 Å². The van der Waals surface area contributed by atoms with Gasteiger partial charge in [0.2, 0.25) is 5.91 Å². The molecule has 186 valence electrons. The van der Waals surface area contributed by atoms with Crippen LogP contribution in [0.15, 0.2) is 41.6 Å². The van der Waals surface area contributed by atoms with Crippen LogP contribution < -0.4 is 10.6 Å². The fraction of sp³-hybridized carbons (Fsp3) is 0.385. The summed E-state index contributed by atoms with van der Waals surface area (Å²) in [5, 5.41) is 15.7. The molecule has 0 aliphatic heterocycles. The minimum absolute atomic E-state index is 0.111. The Morgan fingerprint density at radius 3 is 2.37 bits per heavy atom. The highest BCUT2D eigenvalue weighted by Crippen LogP contribution is 2.26. The van der Waals surface area contributed by atoms with Crippen molar-refractivity contribution in [1.29, 1.82) is 0 Å². The molecule has 1 atom stereocenters. The monoisotopic (exact) mass is 513 g/mol. The molecule has 1 heterocycles. The van der Waals surface area contributed by atoms with Gasteiger partial charge in [-0.15, -0.1) is 10.2 Å². The second-order valence-corrected chi connectivity index (χ2v) is 10.5. The van der Waals surface area contributed by atoms with Gasteiger partial charge in [0.05, 0.1) is 22.4 Å². The summed E-state index contributed by atoms with van der Waals surface area (Å²) >= 11 is 7.52. The number of hydrogen-bond acceptors (Lipinski definition) is 5. The summed E-state index contributed by atoms with van der Waals surface area (Å²) in [6.45, 7) is 10.2. The van der Waals surface area contributed by atoms with Crippen LogP contribution in [0.3, 0.4) is 0 Å². The SMILES string of the molecule is Cc1cc(C)c(NC(=O)CSc2nnc([C@H](CC(C)C)NC(=O)c3ccccc3Cl)n2C)c(C)c1. The lowest BCUT2D eigenvalue weighted by Gasteiger charge is -2.20. The van der Waals surface area contributed by atoms with Crippen LogP contribution in [0.1, 0.15) is 59.2 Å². The highest BCUT2D eigenvalue weighted by molar-refractivity contribution is 7.99. The molecule has 0 unspecified atom stereocenters. The number of carbonyl (C=O) groups excluding carboxylic acids is 2. The molecule has 9 heteroatoms. The zero-order chi connectivity index (χ0) is 25.7. The Morgan fingerprint density at radius 1 is 1.09 bits per heavy atom. The van der Waals surface area contributed by atoms with Crippen LogP contribution in [-0.4, -0.2) is 32.3 Å². The smallest absolute Gasteiger partial charge is 0.253 e. The van der Waals surface area contributed by atoms with Gasteiger partial charge in [-0.2, -0.15) is 0 Å². The van der Waals surface area contributed by atoms with E-state index in [1.54, 1.807) is 24.3 Å². The van der Waals surface area contributed by atoms with Gasteiger partial charge in [0, 0.05) is 12.7 Å². The summed E-state index contributed by atoms with van der Waals surface area (Å²) in [5.41, 5.74) is 4.49. The van der Waals surface area contributed by atoms with E-state index in [-0.39, 0.29) is 23.6 Å². The van der Waals surface area contributed by atoms with Crippen molar-refractivity contribution in [3.63, 3.8) is 0 Å². The summed E-state index contributed by atoms with van der Waals surface area (Å²) in [6, 6.07) is 10.7. The van der Waals surface area contributed by atoms with Gasteiger partial charge in [-0.25, -0.2) is 0 Å². The zero-order valence-electron chi connectivity index (χ0n) is 21.0. The van der Waals surface area contributed by atoms with E-state index >= 15 is 0 Å². The molecule has 0 aliphatic rings. The minimum Gasteiger partial charge on any atom is -0.342 e. The number of anilines is 1. The number of aromatic nitrogens is 3. The molecule has 2 aromatic carbocycles. The maximum absolute atomic E-state index is 12.9. The highest BCUT2D eigenvalue weighted by Gasteiger charge is 2.24. The number of nitrogens with one attached hydrogen (secondary N) is 2. The molecule has 0 fully saturated rings. The number of carbonyl (C=O) groups is 2. The van der Waals surface area contributed by atoms with Gasteiger partial charge in [-0.1, -0.05) is 67.0 Å². The summed E-state index contributed by atoms with van der Waals surface area (Å²) in [7, 11) is 1.85. The molecule has 0 radical (unpaired) electrons. The molecule has 35 heavy (non-hydrogen) atoms. The molecule has 0 aliphatic carbocycles. The van der Waals surface area contributed by atoms with E-state index in [2.05, 4.69) is 46.8 Å². The fourth-order valence-electron chi connectivity index (χ4n) is 4.02. The van der Waals surface area contributed by atoms with Gasteiger partial charge in [0.25, 0.3) is 5.91 Å². The van der Waals surface area contributed by atoms with Crippen LogP contribution in [0.2, 0.25) is 5.02 Å². The Labute approximate surface area is 216 Å². The first-order chi connectivity index (χ1) is 16.6. The van der Waals surface area contributed by atoms with Crippen molar-refractivity contribution in [2.24, 2.45) is 13.0 Å². The van der Waals surface area contributed by atoms with E-state index in [4.69, 9.17) is 11.6 Å². The van der Waals surface area contributed by atoms with Crippen molar-refractivity contribution < 1.29 is 9.59 Å². The molecular weight excluding hydrogens is 482 g/mol. The van der Waals surface area contributed by atoms with Crippen LogP contribution in [0.25, 0.3) is 0 Å². The van der Waals surface area contributed by atoms with Gasteiger partial charge in [-0.3, -0.25) is 9.59 Å². The third kappa shape index (κ3) is 6.86. The second-order valence-electron chi connectivity index (χ2n) is 9.15. The second kappa shape index (κ2) is 11.7. The zero-order valence-corrected chi connectivity index (χ0v) is 22.5. The average molecular weight is 514 g/mol. The van der Waals surface area contributed by atoms with Crippen molar-refractivity contribution in [2.45, 2.75) is 52.2 Å². The maximum atomic E-state index is 12.9. The average Bonchev–Trinajstić information content (AvgIpc) is 3.14. The minimum atomic E-state index is -0.350. The molecule has 2 amide bonds. The molecule has 3 rings (SSSR count). The molecule has 0 saturated heterocycles. The topological polar surface area (TPSA) is 88.9 Å². The Kier molecular flexibility index (Phi) is 8.97. The number of rotatable bonds is 9. The van der Waals surface area contributed by atoms with Gasteiger partial charge in [-0.05, 0) is 56.4 Å². The van der Waals surface area contributed by atoms with Crippen LogP contribution in [0, 0.1) is 26.7 Å². The Hall–Kier alpha value is -2.84. The Balaban J connectivity index is 1.71. The lowest BCUT2D eigenvalue weighted by atomic mass is 10.0. The molecule has 0 saturated carbocycles. The quantitative estimate of drug-likeness (QED) is 0.361. The van der Waals surface area contributed by atoms with E-state index in [1.807, 2.05) is 32.4 Å².